The van der Waals surface area contributed by atoms with E-state index < -0.39 is 5.91 Å². The molecule has 1 aromatic heterocycles. The Bertz CT molecular complexity index is 397. The zero-order valence-corrected chi connectivity index (χ0v) is 10.7. The second kappa shape index (κ2) is 7.44. The molecule has 4 N–H and O–H groups in total. The zero-order chi connectivity index (χ0) is 13.4. The second-order valence-corrected chi connectivity index (χ2v) is 3.66. The Hall–Kier alpha value is -1.89. The van der Waals surface area contributed by atoms with Gasteiger partial charge in [-0.25, -0.2) is 9.97 Å². The van der Waals surface area contributed by atoms with Crippen LogP contribution in [0.1, 0.15) is 12.7 Å². The molecule has 0 aliphatic rings. The molecular formula is C11H19N5O2. The van der Waals surface area contributed by atoms with Crippen molar-refractivity contribution in [1.29, 1.82) is 0 Å². The lowest BCUT2D eigenvalue weighted by atomic mass is 10.4. The van der Waals surface area contributed by atoms with Gasteiger partial charge in [-0.05, 0) is 13.8 Å². The quantitative estimate of drug-likeness (QED) is 0.569. The van der Waals surface area contributed by atoms with E-state index in [4.69, 9.17) is 10.5 Å². The fourth-order valence-electron chi connectivity index (χ4n) is 1.35. The molecule has 0 aromatic carbocycles. The number of hydrogen-bond acceptors (Lipinski definition) is 6. The maximum Gasteiger partial charge on any atom is 0.243 e. The number of carbonyl (C=O) groups excluding carboxylic acids is 1. The van der Waals surface area contributed by atoms with Crippen molar-refractivity contribution >= 4 is 17.5 Å². The van der Waals surface area contributed by atoms with Crippen LogP contribution in [0.25, 0.3) is 0 Å². The lowest BCUT2D eigenvalue weighted by Gasteiger charge is -2.09. The summed E-state index contributed by atoms with van der Waals surface area (Å²) in [6.07, 6.45) is 0. The summed E-state index contributed by atoms with van der Waals surface area (Å²) in [6.45, 7) is 5.51. The molecule has 0 radical (unpaired) electrons. The van der Waals surface area contributed by atoms with Crippen molar-refractivity contribution in [2.45, 2.75) is 13.8 Å². The molecule has 0 aliphatic heterocycles. The smallest absolute Gasteiger partial charge is 0.243 e. The van der Waals surface area contributed by atoms with Crippen molar-refractivity contribution in [2.75, 3.05) is 36.9 Å². The number of ether oxygens (including phenoxy) is 1. The van der Waals surface area contributed by atoms with Crippen molar-refractivity contribution in [1.82, 2.24) is 9.97 Å². The summed E-state index contributed by atoms with van der Waals surface area (Å²) >= 11 is 0. The van der Waals surface area contributed by atoms with Crippen LogP contribution in [0.2, 0.25) is 0 Å². The number of nitrogens with zero attached hydrogens (tertiary/aromatic N) is 2. The van der Waals surface area contributed by atoms with Crippen molar-refractivity contribution in [3.63, 3.8) is 0 Å². The minimum atomic E-state index is -0.470. The van der Waals surface area contributed by atoms with Crippen LogP contribution in [0.3, 0.4) is 0 Å². The summed E-state index contributed by atoms with van der Waals surface area (Å²) in [5, 5.41) is 6.21. The first-order valence-electron chi connectivity index (χ1n) is 5.81. The molecule has 1 amide bonds. The molecule has 1 rings (SSSR count). The highest BCUT2D eigenvalue weighted by molar-refractivity contribution is 5.74. The number of anilines is 2. The number of primary amides is 1. The number of aryl methyl sites for hydroxylation is 1. The summed E-state index contributed by atoms with van der Waals surface area (Å²) in [6, 6.07) is 1.82. The van der Waals surface area contributed by atoms with Gasteiger partial charge < -0.3 is 21.1 Å². The SMILES string of the molecule is CCNc1cc(NCCOCC(N)=O)nc(C)n1. The molecule has 1 aromatic rings. The highest BCUT2D eigenvalue weighted by atomic mass is 16.5. The molecule has 0 atom stereocenters. The van der Waals surface area contributed by atoms with E-state index in [0.717, 1.165) is 18.2 Å². The molecule has 0 saturated heterocycles. The summed E-state index contributed by atoms with van der Waals surface area (Å²) in [4.78, 5) is 18.9. The Balaban J connectivity index is 2.39. The fourth-order valence-corrected chi connectivity index (χ4v) is 1.35. The van der Waals surface area contributed by atoms with Crippen molar-refractivity contribution in [3.8, 4) is 0 Å². The number of nitrogens with one attached hydrogen (secondary N) is 2. The molecule has 0 fully saturated rings. The lowest BCUT2D eigenvalue weighted by Crippen LogP contribution is -2.20. The first-order valence-corrected chi connectivity index (χ1v) is 5.81. The third-order valence-corrected chi connectivity index (χ3v) is 1.99. The highest BCUT2D eigenvalue weighted by Gasteiger charge is 2.00. The van der Waals surface area contributed by atoms with E-state index in [0.29, 0.717) is 19.0 Å². The number of amides is 1. The van der Waals surface area contributed by atoms with Crippen LogP contribution in [0.5, 0.6) is 0 Å². The van der Waals surface area contributed by atoms with Crippen molar-refractivity contribution in [2.24, 2.45) is 5.73 Å². The number of aromatic nitrogens is 2. The van der Waals surface area contributed by atoms with Gasteiger partial charge in [0.05, 0.1) is 6.61 Å². The van der Waals surface area contributed by atoms with Crippen LogP contribution in [0, 0.1) is 6.92 Å². The molecule has 18 heavy (non-hydrogen) atoms. The molecule has 7 nitrogen and oxygen atoms in total. The molecule has 0 aliphatic carbocycles. The Labute approximate surface area is 106 Å². The van der Waals surface area contributed by atoms with E-state index in [9.17, 15) is 4.79 Å². The normalized spacial score (nSPS) is 10.1. The third kappa shape index (κ3) is 5.44. The fraction of sp³-hybridized carbons (Fsp3) is 0.545. The molecule has 100 valence electrons. The van der Waals surface area contributed by atoms with Gasteiger partial charge in [0, 0.05) is 19.2 Å². The number of hydrogen-bond donors (Lipinski definition) is 3. The first kappa shape index (κ1) is 14.2. The molecule has 7 heteroatoms. The zero-order valence-electron chi connectivity index (χ0n) is 10.7. The van der Waals surface area contributed by atoms with E-state index in [2.05, 4.69) is 20.6 Å². The van der Waals surface area contributed by atoms with Crippen LogP contribution >= 0.6 is 0 Å². The van der Waals surface area contributed by atoms with Crippen LogP contribution in [0.4, 0.5) is 11.6 Å². The van der Waals surface area contributed by atoms with E-state index in [1.54, 1.807) is 0 Å². The summed E-state index contributed by atoms with van der Waals surface area (Å²) in [5.74, 6) is 1.72. The standard InChI is InChI=1S/C11H19N5O2/c1-3-13-10-6-11(16-8(2)15-10)14-4-5-18-7-9(12)17/h6H,3-5,7H2,1-2H3,(H2,12,17)(H2,13,14,15,16). The van der Waals surface area contributed by atoms with Gasteiger partial charge in [-0.15, -0.1) is 0 Å². The van der Waals surface area contributed by atoms with Gasteiger partial charge >= 0.3 is 0 Å². The average molecular weight is 253 g/mol. The van der Waals surface area contributed by atoms with Gasteiger partial charge in [-0.2, -0.15) is 0 Å². The Kier molecular flexibility index (Phi) is 5.86. The van der Waals surface area contributed by atoms with E-state index in [-0.39, 0.29) is 6.61 Å². The lowest BCUT2D eigenvalue weighted by molar-refractivity contribution is -0.122. The predicted molar refractivity (Wildman–Crippen MR) is 69.4 cm³/mol. The van der Waals surface area contributed by atoms with E-state index in [1.807, 2.05) is 19.9 Å². The predicted octanol–water partition coefficient (Wildman–Crippen LogP) is 0.131. The topological polar surface area (TPSA) is 102 Å². The van der Waals surface area contributed by atoms with Gasteiger partial charge in [0.15, 0.2) is 0 Å². The second-order valence-electron chi connectivity index (χ2n) is 3.66. The van der Waals surface area contributed by atoms with Crippen LogP contribution < -0.4 is 16.4 Å². The van der Waals surface area contributed by atoms with E-state index in [1.165, 1.54) is 0 Å². The maximum atomic E-state index is 10.4. The van der Waals surface area contributed by atoms with Crippen molar-refractivity contribution < 1.29 is 9.53 Å². The molecule has 1 heterocycles. The third-order valence-electron chi connectivity index (χ3n) is 1.99. The minimum Gasteiger partial charge on any atom is -0.370 e. The minimum absolute atomic E-state index is 0.0624. The summed E-state index contributed by atoms with van der Waals surface area (Å²) in [5.41, 5.74) is 4.95. The molecular weight excluding hydrogens is 234 g/mol. The Morgan fingerprint density at radius 1 is 1.39 bits per heavy atom. The molecule has 0 bridgehead atoms. The van der Waals surface area contributed by atoms with Crippen molar-refractivity contribution in [3.05, 3.63) is 11.9 Å². The highest BCUT2D eigenvalue weighted by Crippen LogP contribution is 2.10. The summed E-state index contributed by atoms with van der Waals surface area (Å²) in [7, 11) is 0. The number of rotatable bonds is 8. The average Bonchev–Trinajstić information content (AvgIpc) is 2.28. The van der Waals surface area contributed by atoms with Gasteiger partial charge in [0.25, 0.3) is 0 Å². The molecule has 0 saturated carbocycles. The van der Waals surface area contributed by atoms with Crippen LogP contribution in [-0.4, -0.2) is 42.2 Å². The molecule has 0 unspecified atom stereocenters. The van der Waals surface area contributed by atoms with E-state index >= 15 is 0 Å². The summed E-state index contributed by atoms with van der Waals surface area (Å²) < 4.78 is 5.03. The monoisotopic (exact) mass is 253 g/mol. The van der Waals surface area contributed by atoms with Gasteiger partial charge in [0.2, 0.25) is 5.91 Å². The Morgan fingerprint density at radius 3 is 2.67 bits per heavy atom. The van der Waals surface area contributed by atoms with Gasteiger partial charge in [-0.1, -0.05) is 0 Å². The number of carbonyl (C=O) groups is 1. The first-order chi connectivity index (χ1) is 8.61. The van der Waals surface area contributed by atoms with Gasteiger partial charge in [-0.3, -0.25) is 4.79 Å². The number of nitrogens with two attached hydrogens (primary N) is 1. The van der Waals surface area contributed by atoms with Crippen LogP contribution in [0.15, 0.2) is 6.07 Å². The van der Waals surface area contributed by atoms with Gasteiger partial charge in [0.1, 0.15) is 24.1 Å². The molecule has 0 spiro atoms. The Morgan fingerprint density at radius 2 is 2.06 bits per heavy atom. The largest absolute Gasteiger partial charge is 0.370 e. The maximum absolute atomic E-state index is 10.4. The van der Waals surface area contributed by atoms with Crippen LogP contribution in [-0.2, 0) is 9.53 Å².